The van der Waals surface area contributed by atoms with Crippen LogP contribution in [0.5, 0.6) is 23.0 Å². The topological polar surface area (TPSA) is 345 Å². The lowest BCUT2D eigenvalue weighted by Crippen LogP contribution is -2.67. The molecule has 15 atom stereocenters. The molecule has 21 heteroatoms. The number of esters is 1. The van der Waals surface area contributed by atoms with Crippen molar-refractivity contribution in [1.82, 2.24) is 0 Å². The first-order chi connectivity index (χ1) is 26.6. The van der Waals surface area contributed by atoms with Crippen LogP contribution in [0.4, 0.5) is 0 Å². The molecule has 0 saturated carbocycles. The number of hydrogen-bond acceptors (Lipinski definition) is 21. The zero-order valence-corrected chi connectivity index (χ0v) is 29.4. The Kier molecular flexibility index (Phi) is 14.8. The minimum absolute atomic E-state index is 0.106. The van der Waals surface area contributed by atoms with E-state index in [0.29, 0.717) is 11.1 Å². The number of phenols is 4. The van der Waals surface area contributed by atoms with E-state index in [1.165, 1.54) is 42.5 Å². The van der Waals surface area contributed by atoms with Gasteiger partial charge in [0.2, 0.25) is 0 Å². The predicted octanol–water partition coefficient (Wildman–Crippen LogP) is -4.22. The van der Waals surface area contributed by atoms with Crippen LogP contribution in [0.25, 0.3) is 6.08 Å². The Hall–Kier alpha value is -3.75. The van der Waals surface area contributed by atoms with E-state index in [-0.39, 0.29) is 24.5 Å². The summed E-state index contributed by atoms with van der Waals surface area (Å²) in [5, 5.41) is 134. The molecule has 2 aromatic rings. The fourth-order valence-corrected chi connectivity index (χ4v) is 6.18. The lowest BCUT2D eigenvalue weighted by Gasteiger charge is -2.48. The monoisotopic (exact) mass is 802 g/mol. The maximum atomic E-state index is 12.6. The molecule has 312 valence electrons. The third-order valence-electron chi connectivity index (χ3n) is 9.41. The minimum Gasteiger partial charge on any atom is -0.504 e. The highest BCUT2D eigenvalue weighted by molar-refractivity contribution is 5.87. The van der Waals surface area contributed by atoms with Crippen LogP contribution in [0.3, 0.4) is 0 Å². The second-order valence-electron chi connectivity index (χ2n) is 13.3. The van der Waals surface area contributed by atoms with Crippen molar-refractivity contribution in [2.24, 2.45) is 0 Å². The van der Waals surface area contributed by atoms with E-state index in [9.17, 15) is 71.2 Å². The summed E-state index contributed by atoms with van der Waals surface area (Å²) in [5.74, 6) is -2.52. The fraction of sp³-hybridized carbons (Fsp3) is 0.571. The first kappa shape index (κ1) is 43.4. The summed E-state index contributed by atoms with van der Waals surface area (Å²) in [5.41, 5.74) is 0.823. The van der Waals surface area contributed by atoms with Crippen LogP contribution in [-0.2, 0) is 44.4 Å². The number of carbonyl (C=O) groups is 1. The van der Waals surface area contributed by atoms with E-state index in [1.807, 2.05) is 0 Å². The molecule has 56 heavy (non-hydrogen) atoms. The first-order valence-corrected chi connectivity index (χ1v) is 17.4. The molecule has 3 aliphatic heterocycles. The second kappa shape index (κ2) is 19.1. The maximum absolute atomic E-state index is 12.6. The van der Waals surface area contributed by atoms with Gasteiger partial charge in [0.15, 0.2) is 41.9 Å². The van der Waals surface area contributed by atoms with Crippen molar-refractivity contribution in [1.29, 1.82) is 0 Å². The summed E-state index contributed by atoms with van der Waals surface area (Å²) in [7, 11) is 0. The van der Waals surface area contributed by atoms with Crippen LogP contribution >= 0.6 is 0 Å². The Labute approximate surface area is 317 Å². The molecule has 3 aliphatic rings. The Morgan fingerprint density at radius 2 is 1.20 bits per heavy atom. The van der Waals surface area contributed by atoms with E-state index in [2.05, 4.69) is 0 Å². The first-order valence-electron chi connectivity index (χ1n) is 17.4. The van der Waals surface area contributed by atoms with Crippen molar-refractivity contribution in [3.63, 3.8) is 0 Å². The Morgan fingerprint density at radius 1 is 0.607 bits per heavy atom. The highest BCUT2D eigenvalue weighted by atomic mass is 16.8. The standard InChI is InChI=1S/C35H46O21/c36-11-20-24(43)27(46)29(48)34(52-20)56-32-28(47)25(44)21(12-37)53-35(32)55-31-26(45)22(13-51-23(42)6-3-14-1-4-16(38)18(40)9-14)54-33(30(31)49)50-8-7-15-2-5-17(39)19(41)10-15/h1-6,9-10,20-22,24-41,43-49H,7-8,11-13H2/t20-,21-,22-,24-,25-,26-,27+,28+,29-,30-,31+,32-,33-,34+,35+/m1/s1. The SMILES string of the molecule is O=C(C=Cc1ccc(O)c(O)c1)OC[C@H]1O[C@@H](OCCc2ccc(O)c(O)c2)[C@H](O)[C@@H](O[C@@H]2O[C@H](CO)[C@@H](O)[C@H](O)[C@H]2O[C@@H]2O[C@H](CO)[C@@H](O)[C@H](O)[C@H]2O)[C@@H]1O. The molecule has 0 aliphatic carbocycles. The highest BCUT2D eigenvalue weighted by Crippen LogP contribution is 2.34. The summed E-state index contributed by atoms with van der Waals surface area (Å²) in [4.78, 5) is 12.6. The summed E-state index contributed by atoms with van der Waals surface area (Å²) < 4.78 is 39.4. The highest BCUT2D eigenvalue weighted by Gasteiger charge is 2.54. The summed E-state index contributed by atoms with van der Waals surface area (Å²) >= 11 is 0. The van der Waals surface area contributed by atoms with Gasteiger partial charge in [-0.1, -0.05) is 12.1 Å². The number of aliphatic hydroxyl groups is 9. The molecule has 3 heterocycles. The van der Waals surface area contributed by atoms with Gasteiger partial charge in [0.1, 0.15) is 79.9 Å². The van der Waals surface area contributed by atoms with E-state index in [0.717, 1.165) is 6.08 Å². The van der Waals surface area contributed by atoms with Crippen molar-refractivity contribution in [2.75, 3.05) is 26.4 Å². The van der Waals surface area contributed by atoms with Crippen molar-refractivity contribution < 1.29 is 104 Å². The zero-order valence-electron chi connectivity index (χ0n) is 29.4. The largest absolute Gasteiger partial charge is 0.504 e. The van der Waals surface area contributed by atoms with E-state index < -0.39 is 129 Å². The molecular weight excluding hydrogens is 756 g/mol. The normalized spacial score (nSPS) is 36.4. The third-order valence-corrected chi connectivity index (χ3v) is 9.41. The van der Waals surface area contributed by atoms with Crippen molar-refractivity contribution >= 4 is 12.0 Å². The predicted molar refractivity (Wildman–Crippen MR) is 181 cm³/mol. The molecule has 0 unspecified atom stereocenters. The lowest BCUT2D eigenvalue weighted by molar-refractivity contribution is -0.389. The third kappa shape index (κ3) is 10.0. The number of hydrogen-bond donors (Lipinski definition) is 13. The van der Waals surface area contributed by atoms with Gasteiger partial charge >= 0.3 is 5.97 Å². The van der Waals surface area contributed by atoms with E-state index in [4.69, 9.17) is 33.2 Å². The van der Waals surface area contributed by atoms with Crippen molar-refractivity contribution in [3.8, 4) is 23.0 Å². The molecule has 0 aromatic heterocycles. The number of ether oxygens (including phenoxy) is 7. The second-order valence-corrected chi connectivity index (χ2v) is 13.3. The number of rotatable bonds is 14. The summed E-state index contributed by atoms with van der Waals surface area (Å²) in [6, 6.07) is 7.79. The van der Waals surface area contributed by atoms with Crippen molar-refractivity contribution in [3.05, 3.63) is 53.6 Å². The van der Waals surface area contributed by atoms with Crippen molar-refractivity contribution in [2.45, 2.75) is 98.5 Å². The van der Waals surface area contributed by atoms with Crippen LogP contribution in [0.15, 0.2) is 42.5 Å². The van der Waals surface area contributed by atoms with Crippen LogP contribution in [0.1, 0.15) is 11.1 Å². The quantitative estimate of drug-likeness (QED) is 0.0489. The van der Waals surface area contributed by atoms with Gasteiger partial charge in [-0.3, -0.25) is 0 Å². The summed E-state index contributed by atoms with van der Waals surface area (Å²) in [6.45, 7) is -2.58. The number of aromatic hydroxyl groups is 4. The average Bonchev–Trinajstić information content (AvgIpc) is 3.18. The van der Waals surface area contributed by atoms with Gasteiger partial charge in [-0.2, -0.15) is 0 Å². The molecule has 5 rings (SSSR count). The number of carbonyl (C=O) groups excluding carboxylic acids is 1. The number of phenolic OH excluding ortho intramolecular Hbond substituents is 4. The van der Waals surface area contributed by atoms with Gasteiger partial charge in [0.05, 0.1) is 19.8 Å². The Bertz CT molecular complexity index is 1620. The van der Waals surface area contributed by atoms with E-state index >= 15 is 0 Å². The molecule has 3 fully saturated rings. The van der Waals surface area contributed by atoms with Gasteiger partial charge in [0.25, 0.3) is 0 Å². The molecule has 3 saturated heterocycles. The van der Waals surface area contributed by atoms with Gasteiger partial charge in [-0.25, -0.2) is 4.79 Å². The van der Waals surface area contributed by atoms with Gasteiger partial charge in [0, 0.05) is 6.08 Å². The molecule has 0 radical (unpaired) electrons. The molecule has 21 nitrogen and oxygen atoms in total. The molecule has 13 N–H and O–H groups in total. The molecule has 0 bridgehead atoms. The van der Waals surface area contributed by atoms with Gasteiger partial charge < -0.3 is 99.5 Å². The summed E-state index contributed by atoms with van der Waals surface area (Å²) in [6.07, 6.45) is -24.5. The van der Waals surface area contributed by atoms with E-state index in [1.54, 1.807) is 0 Å². The van der Waals surface area contributed by atoms with Crippen LogP contribution in [-0.4, -0.2) is 191 Å². The molecule has 0 spiro atoms. The smallest absolute Gasteiger partial charge is 0.330 e. The average molecular weight is 803 g/mol. The van der Waals surface area contributed by atoms with Crippen LogP contribution in [0, 0.1) is 0 Å². The maximum Gasteiger partial charge on any atom is 0.330 e. The van der Waals surface area contributed by atoms with Gasteiger partial charge in [-0.15, -0.1) is 0 Å². The number of benzene rings is 2. The fourth-order valence-electron chi connectivity index (χ4n) is 6.18. The molecular formula is C35H46O21. The lowest BCUT2D eigenvalue weighted by atomic mass is 9.96. The Balaban J connectivity index is 1.35. The Morgan fingerprint density at radius 3 is 1.84 bits per heavy atom. The molecule has 2 aromatic carbocycles. The molecule has 0 amide bonds. The number of aliphatic hydroxyl groups excluding tert-OH is 9. The zero-order chi connectivity index (χ0) is 40.8. The van der Waals surface area contributed by atoms with Crippen LogP contribution in [0.2, 0.25) is 0 Å². The minimum atomic E-state index is -1.99. The van der Waals surface area contributed by atoms with Crippen LogP contribution < -0.4 is 0 Å². The van der Waals surface area contributed by atoms with Gasteiger partial charge in [-0.05, 0) is 47.9 Å².